The van der Waals surface area contributed by atoms with Crippen molar-refractivity contribution < 1.29 is 63.1 Å². The van der Waals surface area contributed by atoms with Crippen LogP contribution in [0.3, 0.4) is 0 Å². The van der Waals surface area contributed by atoms with Crippen molar-refractivity contribution in [2.24, 2.45) is 11.7 Å². The summed E-state index contributed by atoms with van der Waals surface area (Å²) < 4.78 is 18.8. The molecule has 1 atom stereocenters. The highest BCUT2D eigenvalue weighted by molar-refractivity contribution is 6.27. The minimum atomic E-state index is -1.82. The van der Waals surface area contributed by atoms with Crippen LogP contribution in [0.1, 0.15) is 46.0 Å². The normalized spacial score (nSPS) is 13.1. The molecule has 0 unspecified atom stereocenters. The van der Waals surface area contributed by atoms with E-state index in [0.29, 0.717) is 55.0 Å². The van der Waals surface area contributed by atoms with Crippen LogP contribution in [0.25, 0.3) is 0 Å². The maximum atomic E-state index is 13.8. The van der Waals surface area contributed by atoms with E-state index in [1.165, 1.54) is 12.1 Å². The maximum absolute atomic E-state index is 13.8. The highest BCUT2D eigenvalue weighted by Crippen LogP contribution is 2.29. The van der Waals surface area contributed by atoms with Gasteiger partial charge in [-0.3, -0.25) is 14.4 Å². The second-order valence-corrected chi connectivity index (χ2v) is 11.5. The standard InChI is InChI=1S/C32H37FN4O4.2C2H2O4/c1-22(34)31(39)35-21-23-7-9-26(10-8-23)32(40)37(28-5-3-4-6-29(28)41-2)20-19-36-17-15-25(16-18-36)30(38)24-11-13-27(33)14-12-24;2*3-1(4)2(5)6/h3-14,22,25H,15-21,34H2,1-2H3,(H,35,39);2*(H,3,4)(H,5,6)/t22-;;/m0../s1. The van der Waals surface area contributed by atoms with Gasteiger partial charge >= 0.3 is 23.9 Å². The van der Waals surface area contributed by atoms with Gasteiger partial charge < -0.3 is 46.0 Å². The van der Waals surface area contributed by atoms with Crippen molar-refractivity contribution in [3.8, 4) is 5.75 Å². The maximum Gasteiger partial charge on any atom is 0.414 e. The summed E-state index contributed by atoms with van der Waals surface area (Å²) in [6.07, 6.45) is 1.42. The van der Waals surface area contributed by atoms with E-state index in [0.717, 1.165) is 18.7 Å². The van der Waals surface area contributed by atoms with E-state index >= 15 is 0 Å². The lowest BCUT2D eigenvalue weighted by Crippen LogP contribution is -2.43. The Labute approximate surface area is 303 Å². The Bertz CT molecular complexity index is 1690. The number of carboxylic acids is 4. The Balaban J connectivity index is 0.000000698. The average molecular weight is 741 g/mol. The lowest BCUT2D eigenvalue weighted by atomic mass is 9.89. The molecule has 3 aromatic rings. The van der Waals surface area contributed by atoms with Gasteiger partial charge in [-0.05, 0) is 86.9 Å². The van der Waals surface area contributed by atoms with E-state index in [-0.39, 0.29) is 29.3 Å². The number of nitrogens with one attached hydrogen (secondary N) is 1. The van der Waals surface area contributed by atoms with Gasteiger partial charge in [-0.15, -0.1) is 0 Å². The summed E-state index contributed by atoms with van der Waals surface area (Å²) in [6.45, 7) is 4.47. The number of nitrogens with zero attached hydrogens (tertiary/aromatic N) is 2. The third-order valence-electron chi connectivity index (χ3n) is 7.80. The molecule has 1 aliphatic rings. The highest BCUT2D eigenvalue weighted by Gasteiger charge is 2.27. The molecule has 17 heteroatoms. The summed E-state index contributed by atoms with van der Waals surface area (Å²) in [4.78, 5) is 78.8. The molecule has 0 saturated carbocycles. The topological polar surface area (TPSA) is 254 Å². The summed E-state index contributed by atoms with van der Waals surface area (Å²) in [6, 6.07) is 19.7. The van der Waals surface area contributed by atoms with Gasteiger partial charge in [0.25, 0.3) is 5.91 Å². The number of piperidine rings is 1. The number of amides is 2. The fourth-order valence-electron chi connectivity index (χ4n) is 4.97. The van der Waals surface area contributed by atoms with Crippen LogP contribution in [-0.4, -0.2) is 106 Å². The summed E-state index contributed by atoms with van der Waals surface area (Å²) in [5.41, 5.74) is 8.20. The van der Waals surface area contributed by atoms with E-state index in [1.807, 2.05) is 36.4 Å². The van der Waals surface area contributed by atoms with E-state index < -0.39 is 29.9 Å². The monoisotopic (exact) mass is 740 g/mol. The molecule has 7 N–H and O–H groups in total. The predicted octanol–water partition coefficient (Wildman–Crippen LogP) is 2.35. The number of nitrogens with two attached hydrogens (primary N) is 1. The number of Topliss-reactive ketones (excluding diaryl/α,β-unsaturated/α-hetero) is 1. The van der Waals surface area contributed by atoms with Gasteiger partial charge in [0.2, 0.25) is 5.91 Å². The molecule has 284 valence electrons. The molecule has 0 radical (unpaired) electrons. The predicted molar refractivity (Wildman–Crippen MR) is 187 cm³/mol. The van der Waals surface area contributed by atoms with Crippen molar-refractivity contribution in [3.05, 3.63) is 95.3 Å². The van der Waals surface area contributed by atoms with Crippen LogP contribution in [0.4, 0.5) is 10.1 Å². The lowest BCUT2D eigenvalue weighted by Gasteiger charge is -2.33. The molecular weight excluding hydrogens is 699 g/mol. The Morgan fingerprint density at radius 3 is 1.83 bits per heavy atom. The number of carboxylic acid groups (broad SMARTS) is 4. The molecule has 1 aliphatic heterocycles. The average Bonchev–Trinajstić information content (AvgIpc) is 3.14. The zero-order valence-corrected chi connectivity index (χ0v) is 28.9. The van der Waals surface area contributed by atoms with Crippen LogP contribution in [0.5, 0.6) is 5.75 Å². The number of anilines is 1. The van der Waals surface area contributed by atoms with Gasteiger partial charge in [0.1, 0.15) is 11.6 Å². The number of carbonyl (C=O) groups excluding carboxylic acids is 3. The molecule has 0 aliphatic carbocycles. The van der Waals surface area contributed by atoms with Gasteiger partial charge in [-0.1, -0.05) is 24.3 Å². The SMILES string of the molecule is COc1ccccc1N(CCN1CCC(C(=O)c2ccc(F)cc2)CC1)C(=O)c1ccc(CNC(=O)[C@H](C)N)cc1.O=C(O)C(=O)O.O=C(O)C(=O)O. The molecule has 4 rings (SSSR count). The lowest BCUT2D eigenvalue weighted by molar-refractivity contribution is -0.159. The second kappa shape index (κ2) is 21.2. The summed E-state index contributed by atoms with van der Waals surface area (Å²) in [7, 11) is 1.58. The first-order valence-electron chi connectivity index (χ1n) is 16.1. The van der Waals surface area contributed by atoms with Gasteiger partial charge in [-0.25, -0.2) is 23.6 Å². The third-order valence-corrected chi connectivity index (χ3v) is 7.80. The smallest absolute Gasteiger partial charge is 0.414 e. The van der Waals surface area contributed by atoms with Gasteiger partial charge in [-0.2, -0.15) is 0 Å². The number of carbonyl (C=O) groups is 7. The van der Waals surface area contributed by atoms with E-state index in [9.17, 15) is 18.8 Å². The summed E-state index contributed by atoms with van der Waals surface area (Å²) >= 11 is 0. The molecule has 0 aromatic heterocycles. The Kier molecular flexibility index (Phi) is 17.2. The Hall–Kier alpha value is -6.20. The van der Waals surface area contributed by atoms with Crippen molar-refractivity contribution in [1.29, 1.82) is 0 Å². The first-order chi connectivity index (χ1) is 25.0. The van der Waals surface area contributed by atoms with Crippen molar-refractivity contribution in [2.75, 3.05) is 38.2 Å². The number of para-hydroxylation sites is 2. The molecule has 53 heavy (non-hydrogen) atoms. The van der Waals surface area contributed by atoms with Crippen molar-refractivity contribution in [3.63, 3.8) is 0 Å². The summed E-state index contributed by atoms with van der Waals surface area (Å²) in [5, 5.41) is 32.3. The molecule has 1 saturated heterocycles. The molecule has 1 fully saturated rings. The van der Waals surface area contributed by atoms with Gasteiger partial charge in [0.15, 0.2) is 5.78 Å². The van der Waals surface area contributed by atoms with E-state index in [4.69, 9.17) is 50.1 Å². The number of hydrogen-bond acceptors (Lipinski definition) is 10. The van der Waals surface area contributed by atoms with Crippen LogP contribution >= 0.6 is 0 Å². The second-order valence-electron chi connectivity index (χ2n) is 11.5. The number of halogens is 1. The van der Waals surface area contributed by atoms with Crippen LogP contribution in [-0.2, 0) is 30.5 Å². The van der Waals surface area contributed by atoms with E-state index in [1.54, 1.807) is 43.2 Å². The molecular formula is C36H41FN4O12. The minimum absolute atomic E-state index is 0.0519. The zero-order valence-electron chi connectivity index (χ0n) is 28.9. The summed E-state index contributed by atoms with van der Waals surface area (Å²) in [5.74, 6) is -7.50. The zero-order chi connectivity index (χ0) is 39.7. The molecule has 1 heterocycles. The van der Waals surface area contributed by atoms with Crippen LogP contribution in [0, 0.1) is 11.7 Å². The van der Waals surface area contributed by atoms with Crippen molar-refractivity contribution in [1.82, 2.24) is 10.2 Å². The number of methoxy groups -OCH3 is 1. The molecule has 3 aromatic carbocycles. The Morgan fingerprint density at radius 2 is 1.34 bits per heavy atom. The first-order valence-corrected chi connectivity index (χ1v) is 16.1. The number of benzene rings is 3. The van der Waals surface area contributed by atoms with Crippen LogP contribution in [0.2, 0.25) is 0 Å². The molecule has 16 nitrogen and oxygen atoms in total. The number of ketones is 1. The number of likely N-dealkylation sites (tertiary alicyclic amines) is 1. The highest BCUT2D eigenvalue weighted by atomic mass is 19.1. The van der Waals surface area contributed by atoms with Crippen LogP contribution in [0.15, 0.2) is 72.8 Å². The van der Waals surface area contributed by atoms with E-state index in [2.05, 4.69) is 10.2 Å². The third kappa shape index (κ3) is 14.2. The first kappa shape index (κ1) is 43.0. The number of rotatable bonds is 11. The van der Waals surface area contributed by atoms with Crippen molar-refractivity contribution >= 4 is 47.2 Å². The Morgan fingerprint density at radius 1 is 0.830 bits per heavy atom. The fraction of sp³-hybridized carbons (Fsp3) is 0.306. The number of hydrogen-bond donors (Lipinski definition) is 6. The largest absolute Gasteiger partial charge is 0.495 e. The van der Waals surface area contributed by atoms with Crippen molar-refractivity contribution in [2.45, 2.75) is 32.4 Å². The number of ether oxygens (including phenoxy) is 1. The van der Waals surface area contributed by atoms with Crippen LogP contribution < -0.4 is 20.7 Å². The number of aliphatic carboxylic acids is 4. The van der Waals surface area contributed by atoms with Gasteiger partial charge in [0.05, 0.1) is 18.8 Å². The molecule has 2 amide bonds. The molecule has 0 spiro atoms. The fourth-order valence-corrected chi connectivity index (χ4v) is 4.97. The quantitative estimate of drug-likeness (QED) is 0.122. The minimum Gasteiger partial charge on any atom is -0.495 e. The molecule has 0 bridgehead atoms. The van der Waals surface area contributed by atoms with Gasteiger partial charge in [0, 0.05) is 36.7 Å².